The number of anilines is 1. The highest BCUT2D eigenvalue weighted by Crippen LogP contribution is 2.12. The summed E-state index contributed by atoms with van der Waals surface area (Å²) in [5.41, 5.74) is 1.61. The average molecular weight is 381 g/mol. The minimum absolute atomic E-state index is 0.0730. The van der Waals surface area contributed by atoms with Gasteiger partial charge in [-0.3, -0.25) is 10.1 Å². The van der Waals surface area contributed by atoms with Crippen LogP contribution in [0.25, 0.3) is 0 Å². The van der Waals surface area contributed by atoms with Crippen LogP contribution in [-0.2, 0) is 9.47 Å². The van der Waals surface area contributed by atoms with E-state index in [-0.39, 0.29) is 12.0 Å². The van der Waals surface area contributed by atoms with Crippen LogP contribution in [0.5, 0.6) is 0 Å². The second-order valence-corrected chi connectivity index (χ2v) is 6.34. The van der Waals surface area contributed by atoms with Gasteiger partial charge in [-0.1, -0.05) is 18.2 Å². The number of carbonyl (C=O) groups excluding carboxylic acids is 2. The summed E-state index contributed by atoms with van der Waals surface area (Å²) >= 11 is 0. The van der Waals surface area contributed by atoms with Gasteiger partial charge in [-0.15, -0.1) is 0 Å². The molecule has 0 bridgehead atoms. The molecule has 3 rings (SSSR count). The van der Waals surface area contributed by atoms with Gasteiger partial charge >= 0.3 is 5.97 Å². The molecule has 2 aromatic carbocycles. The number of rotatable bonds is 5. The summed E-state index contributed by atoms with van der Waals surface area (Å²) in [6.45, 7) is 1.22. The SMILES string of the molecule is COC(=O)c1ccc(C(=O)NC(=NCC2CCCO2)Nc2ccccc2)cc1. The number of methoxy groups -OCH3 is 1. The van der Waals surface area contributed by atoms with Gasteiger partial charge in [0.1, 0.15) is 0 Å². The van der Waals surface area contributed by atoms with Crippen molar-refractivity contribution in [1.82, 2.24) is 5.32 Å². The van der Waals surface area contributed by atoms with Gasteiger partial charge in [-0.2, -0.15) is 0 Å². The fourth-order valence-corrected chi connectivity index (χ4v) is 2.81. The van der Waals surface area contributed by atoms with Gasteiger partial charge in [0.2, 0.25) is 5.96 Å². The summed E-state index contributed by atoms with van der Waals surface area (Å²) in [7, 11) is 1.31. The Morgan fingerprint density at radius 3 is 2.46 bits per heavy atom. The van der Waals surface area contributed by atoms with Gasteiger partial charge in [-0.05, 0) is 49.2 Å². The Morgan fingerprint density at radius 2 is 1.82 bits per heavy atom. The number of carbonyl (C=O) groups is 2. The van der Waals surface area contributed by atoms with Crippen LogP contribution in [0.2, 0.25) is 0 Å². The lowest BCUT2D eigenvalue weighted by atomic mass is 10.1. The lowest BCUT2D eigenvalue weighted by Gasteiger charge is -2.13. The number of nitrogens with one attached hydrogen (secondary N) is 2. The predicted molar refractivity (Wildman–Crippen MR) is 107 cm³/mol. The number of nitrogens with zero attached hydrogens (tertiary/aromatic N) is 1. The monoisotopic (exact) mass is 381 g/mol. The minimum Gasteiger partial charge on any atom is -0.465 e. The molecule has 2 aromatic rings. The summed E-state index contributed by atoms with van der Waals surface area (Å²) in [6, 6.07) is 15.7. The minimum atomic E-state index is -0.448. The van der Waals surface area contributed by atoms with Crippen molar-refractivity contribution >= 4 is 23.5 Å². The second-order valence-electron chi connectivity index (χ2n) is 6.34. The van der Waals surface area contributed by atoms with Crippen LogP contribution in [0.1, 0.15) is 33.6 Å². The van der Waals surface area contributed by atoms with E-state index in [9.17, 15) is 9.59 Å². The molecule has 1 atom stereocenters. The van der Waals surface area contributed by atoms with E-state index in [1.807, 2.05) is 30.3 Å². The number of esters is 1. The van der Waals surface area contributed by atoms with Crippen LogP contribution in [0.15, 0.2) is 59.6 Å². The van der Waals surface area contributed by atoms with Crippen LogP contribution in [-0.4, -0.2) is 44.2 Å². The first-order chi connectivity index (χ1) is 13.7. The molecule has 1 aliphatic rings. The predicted octanol–water partition coefficient (Wildman–Crippen LogP) is 2.85. The molecule has 1 unspecified atom stereocenters. The molecule has 2 N–H and O–H groups in total. The Balaban J connectivity index is 1.70. The summed E-state index contributed by atoms with van der Waals surface area (Å²) in [6.07, 6.45) is 2.06. The number of benzene rings is 2. The van der Waals surface area contributed by atoms with Crippen molar-refractivity contribution in [2.45, 2.75) is 18.9 Å². The lowest BCUT2D eigenvalue weighted by Crippen LogP contribution is -2.36. The molecule has 0 aliphatic carbocycles. The number of aliphatic imine (C=N–C) groups is 1. The molecule has 7 nitrogen and oxygen atoms in total. The highest BCUT2D eigenvalue weighted by atomic mass is 16.5. The fraction of sp³-hybridized carbons (Fsp3) is 0.286. The molecule has 0 radical (unpaired) electrons. The maximum absolute atomic E-state index is 12.6. The molecule has 0 saturated carbocycles. The number of hydrogen-bond acceptors (Lipinski definition) is 5. The molecule has 0 spiro atoms. The zero-order valence-corrected chi connectivity index (χ0v) is 15.7. The van der Waals surface area contributed by atoms with Gasteiger partial charge in [0.15, 0.2) is 0 Å². The van der Waals surface area contributed by atoms with Gasteiger partial charge in [-0.25, -0.2) is 9.79 Å². The molecule has 7 heteroatoms. The van der Waals surface area contributed by atoms with E-state index >= 15 is 0 Å². The molecule has 1 aliphatic heterocycles. The lowest BCUT2D eigenvalue weighted by molar-refractivity contribution is 0.0600. The Bertz CT molecular complexity index is 828. The van der Waals surface area contributed by atoms with E-state index in [4.69, 9.17) is 4.74 Å². The van der Waals surface area contributed by atoms with E-state index in [1.54, 1.807) is 24.3 Å². The summed E-state index contributed by atoms with van der Waals surface area (Å²) < 4.78 is 10.3. The Kier molecular flexibility index (Phi) is 6.75. The van der Waals surface area contributed by atoms with Crippen LogP contribution < -0.4 is 10.6 Å². The number of guanidine groups is 1. The molecule has 1 saturated heterocycles. The van der Waals surface area contributed by atoms with E-state index < -0.39 is 5.97 Å². The first-order valence-electron chi connectivity index (χ1n) is 9.13. The Labute approximate surface area is 163 Å². The maximum atomic E-state index is 12.6. The number of amides is 1. The molecule has 28 heavy (non-hydrogen) atoms. The third-order valence-corrected chi connectivity index (χ3v) is 4.31. The molecule has 1 fully saturated rings. The van der Waals surface area contributed by atoms with Crippen molar-refractivity contribution < 1.29 is 19.1 Å². The normalized spacial score (nSPS) is 16.5. The number of para-hydroxylation sites is 1. The highest BCUT2D eigenvalue weighted by Gasteiger charge is 2.16. The van der Waals surface area contributed by atoms with Crippen LogP contribution in [0, 0.1) is 0 Å². The molecular weight excluding hydrogens is 358 g/mol. The van der Waals surface area contributed by atoms with Crippen molar-refractivity contribution in [2.75, 3.05) is 25.6 Å². The molecular formula is C21H23N3O4. The van der Waals surface area contributed by atoms with Crippen molar-refractivity contribution in [2.24, 2.45) is 4.99 Å². The van der Waals surface area contributed by atoms with E-state index in [0.29, 0.717) is 23.6 Å². The van der Waals surface area contributed by atoms with E-state index in [0.717, 1.165) is 25.1 Å². The van der Waals surface area contributed by atoms with Crippen LogP contribution in [0.3, 0.4) is 0 Å². The fourth-order valence-electron chi connectivity index (χ4n) is 2.81. The Hall–Kier alpha value is -3.19. The quantitative estimate of drug-likeness (QED) is 0.472. The van der Waals surface area contributed by atoms with Crippen LogP contribution in [0.4, 0.5) is 5.69 Å². The number of hydrogen-bond donors (Lipinski definition) is 2. The number of ether oxygens (including phenoxy) is 2. The summed E-state index contributed by atoms with van der Waals surface area (Å²) in [4.78, 5) is 28.6. The van der Waals surface area contributed by atoms with Gasteiger partial charge < -0.3 is 14.8 Å². The van der Waals surface area contributed by atoms with Gasteiger partial charge in [0.05, 0.1) is 25.3 Å². The zero-order valence-electron chi connectivity index (χ0n) is 15.7. The largest absolute Gasteiger partial charge is 0.465 e. The first kappa shape index (κ1) is 19.6. The van der Waals surface area contributed by atoms with Crippen molar-refractivity contribution in [3.63, 3.8) is 0 Å². The summed E-state index contributed by atoms with van der Waals surface area (Å²) in [5.74, 6) is -0.425. The maximum Gasteiger partial charge on any atom is 0.337 e. The van der Waals surface area contributed by atoms with Crippen molar-refractivity contribution in [3.05, 3.63) is 65.7 Å². The molecule has 0 aromatic heterocycles. The summed E-state index contributed by atoms with van der Waals surface area (Å²) in [5, 5.41) is 5.93. The van der Waals surface area contributed by atoms with Crippen molar-refractivity contribution in [1.29, 1.82) is 0 Å². The molecule has 146 valence electrons. The van der Waals surface area contributed by atoms with E-state index in [2.05, 4.69) is 20.4 Å². The first-order valence-corrected chi connectivity index (χ1v) is 9.13. The standard InChI is InChI=1S/C21H23N3O4/c1-27-20(26)16-11-9-15(10-12-16)19(25)24-21(22-14-18-8-5-13-28-18)23-17-6-3-2-4-7-17/h2-4,6-7,9-12,18H,5,8,13-14H2,1H3,(H2,22,23,24,25). The topological polar surface area (TPSA) is 89.0 Å². The molecule has 1 amide bonds. The third-order valence-electron chi connectivity index (χ3n) is 4.31. The van der Waals surface area contributed by atoms with Crippen LogP contribution >= 0.6 is 0 Å². The molecule has 1 heterocycles. The van der Waals surface area contributed by atoms with Gasteiger partial charge in [0, 0.05) is 17.9 Å². The third kappa shape index (κ3) is 5.40. The smallest absolute Gasteiger partial charge is 0.337 e. The Morgan fingerprint density at radius 1 is 1.11 bits per heavy atom. The average Bonchev–Trinajstić information content (AvgIpc) is 3.26. The zero-order chi connectivity index (χ0) is 19.8. The van der Waals surface area contributed by atoms with Gasteiger partial charge in [0.25, 0.3) is 5.91 Å². The van der Waals surface area contributed by atoms with Crippen molar-refractivity contribution in [3.8, 4) is 0 Å². The highest BCUT2D eigenvalue weighted by molar-refractivity contribution is 6.10. The van der Waals surface area contributed by atoms with E-state index in [1.165, 1.54) is 7.11 Å². The second kappa shape index (κ2) is 9.66.